The molecular weight excluding hydrogens is 338 g/mol. The van der Waals surface area contributed by atoms with Crippen molar-refractivity contribution in [3.63, 3.8) is 0 Å². The highest BCUT2D eigenvalue weighted by Gasteiger charge is 2.23. The maximum Gasteiger partial charge on any atom is 0.387 e. The first kappa shape index (κ1) is 16.6. The number of fused-ring (bicyclic) bond motifs is 1. The van der Waals surface area contributed by atoms with Crippen molar-refractivity contribution in [1.29, 1.82) is 0 Å². The number of halogens is 2. The van der Waals surface area contributed by atoms with Gasteiger partial charge in [0.25, 0.3) is 0 Å². The van der Waals surface area contributed by atoms with Gasteiger partial charge in [0, 0.05) is 0 Å². The van der Waals surface area contributed by atoms with Crippen LogP contribution in [-0.2, 0) is 6.42 Å². The number of rotatable bonds is 4. The highest BCUT2D eigenvalue weighted by Crippen LogP contribution is 2.32. The number of hydrogen-bond donors (Lipinski definition) is 2. The van der Waals surface area contributed by atoms with E-state index in [2.05, 4.69) is 25.6 Å². The van der Waals surface area contributed by atoms with Gasteiger partial charge in [0.1, 0.15) is 10.8 Å². The molecule has 2 aromatic rings. The van der Waals surface area contributed by atoms with Crippen molar-refractivity contribution in [2.24, 2.45) is 0 Å². The number of nitrogens with one attached hydrogen (secondary N) is 2. The fourth-order valence-electron chi connectivity index (χ4n) is 2.76. The van der Waals surface area contributed by atoms with Crippen molar-refractivity contribution in [3.05, 3.63) is 34.3 Å². The normalized spacial score (nSPS) is 16.6. The zero-order chi connectivity index (χ0) is 17.1. The van der Waals surface area contributed by atoms with Crippen molar-refractivity contribution >= 4 is 22.5 Å². The summed E-state index contributed by atoms with van der Waals surface area (Å²) in [5.41, 5.74) is 1.84. The van der Waals surface area contributed by atoms with Gasteiger partial charge in [-0.25, -0.2) is 4.79 Å². The summed E-state index contributed by atoms with van der Waals surface area (Å²) in [6.07, 6.45) is 2.41. The minimum absolute atomic E-state index is 0.137. The van der Waals surface area contributed by atoms with Crippen LogP contribution >= 0.6 is 11.3 Å². The zero-order valence-corrected chi connectivity index (χ0v) is 13.7. The number of urea groups is 1. The lowest BCUT2D eigenvalue weighted by molar-refractivity contribution is -0.0499. The third-order valence-electron chi connectivity index (χ3n) is 3.71. The maximum absolute atomic E-state index is 12.3. The molecule has 0 radical (unpaired) electrons. The SMILES string of the molecule is Cc1nnc(NC(=O)N[C@H]2CCCc3cc(OC(F)F)ccc32)s1. The molecule has 0 saturated carbocycles. The Morgan fingerprint density at radius 2 is 2.25 bits per heavy atom. The van der Waals surface area contributed by atoms with Crippen molar-refractivity contribution in [3.8, 4) is 5.75 Å². The Labute approximate surface area is 141 Å². The van der Waals surface area contributed by atoms with E-state index in [4.69, 9.17) is 0 Å². The molecule has 1 heterocycles. The van der Waals surface area contributed by atoms with Gasteiger partial charge in [-0.05, 0) is 49.4 Å². The number of carbonyl (C=O) groups excluding carboxylic acids is 1. The van der Waals surface area contributed by atoms with E-state index in [0.29, 0.717) is 5.13 Å². The lowest BCUT2D eigenvalue weighted by atomic mass is 9.87. The number of anilines is 1. The van der Waals surface area contributed by atoms with Gasteiger partial charge in [-0.1, -0.05) is 17.4 Å². The van der Waals surface area contributed by atoms with Gasteiger partial charge in [-0.3, -0.25) is 5.32 Å². The predicted molar refractivity (Wildman–Crippen MR) is 85.6 cm³/mol. The zero-order valence-electron chi connectivity index (χ0n) is 12.9. The second kappa shape index (κ2) is 7.08. The first-order valence-electron chi connectivity index (χ1n) is 7.46. The molecule has 0 saturated heterocycles. The van der Waals surface area contributed by atoms with Gasteiger partial charge in [-0.2, -0.15) is 8.78 Å². The first-order chi connectivity index (χ1) is 11.5. The van der Waals surface area contributed by atoms with Crippen LogP contribution in [0.15, 0.2) is 18.2 Å². The molecule has 0 bridgehead atoms. The van der Waals surface area contributed by atoms with Gasteiger partial charge in [0.05, 0.1) is 6.04 Å². The van der Waals surface area contributed by atoms with Gasteiger partial charge >= 0.3 is 12.6 Å². The highest BCUT2D eigenvalue weighted by atomic mass is 32.1. The molecular formula is C15H16F2N4O2S. The molecule has 0 spiro atoms. The topological polar surface area (TPSA) is 76.1 Å². The second-order valence-electron chi connectivity index (χ2n) is 5.41. The maximum atomic E-state index is 12.3. The van der Waals surface area contributed by atoms with Crippen LogP contribution in [0.3, 0.4) is 0 Å². The molecule has 1 aromatic heterocycles. The smallest absolute Gasteiger partial charge is 0.387 e. The van der Waals surface area contributed by atoms with E-state index >= 15 is 0 Å². The molecule has 1 aromatic carbocycles. The summed E-state index contributed by atoms with van der Waals surface area (Å²) in [5, 5.41) is 14.4. The molecule has 2 N–H and O–H groups in total. The number of carbonyl (C=O) groups is 1. The number of hydrogen-bond acceptors (Lipinski definition) is 5. The molecule has 1 atom stereocenters. The molecule has 6 nitrogen and oxygen atoms in total. The van der Waals surface area contributed by atoms with Crippen molar-refractivity contribution < 1.29 is 18.3 Å². The average Bonchev–Trinajstić information content (AvgIpc) is 2.91. The molecule has 3 rings (SSSR count). The van der Waals surface area contributed by atoms with E-state index < -0.39 is 6.61 Å². The number of alkyl halides is 2. The van der Waals surface area contributed by atoms with Gasteiger partial charge < -0.3 is 10.1 Å². The Bertz CT molecular complexity index is 738. The van der Waals surface area contributed by atoms with E-state index in [0.717, 1.165) is 35.4 Å². The molecule has 128 valence electrons. The van der Waals surface area contributed by atoms with Crippen LogP contribution in [0.25, 0.3) is 0 Å². The second-order valence-corrected chi connectivity index (χ2v) is 6.59. The summed E-state index contributed by atoms with van der Waals surface area (Å²) in [4.78, 5) is 12.1. The largest absolute Gasteiger partial charge is 0.435 e. The number of aryl methyl sites for hydroxylation is 2. The monoisotopic (exact) mass is 354 g/mol. The fraction of sp³-hybridized carbons (Fsp3) is 0.400. The Morgan fingerprint density at radius 1 is 1.42 bits per heavy atom. The van der Waals surface area contributed by atoms with E-state index in [1.165, 1.54) is 17.4 Å². The van der Waals surface area contributed by atoms with Gasteiger partial charge in [-0.15, -0.1) is 10.2 Å². The molecule has 1 aliphatic carbocycles. The molecule has 9 heteroatoms. The Hall–Kier alpha value is -2.29. The Kier molecular flexibility index (Phi) is 4.89. The molecule has 0 unspecified atom stereocenters. The van der Waals surface area contributed by atoms with Crippen LogP contribution in [0.5, 0.6) is 5.75 Å². The highest BCUT2D eigenvalue weighted by molar-refractivity contribution is 7.15. The first-order valence-corrected chi connectivity index (χ1v) is 8.28. The number of nitrogens with zero attached hydrogens (tertiary/aromatic N) is 2. The van der Waals surface area contributed by atoms with Crippen molar-refractivity contribution in [2.75, 3.05) is 5.32 Å². The molecule has 24 heavy (non-hydrogen) atoms. The molecule has 1 aliphatic rings. The number of aromatic nitrogens is 2. The Balaban J connectivity index is 1.68. The summed E-state index contributed by atoms with van der Waals surface area (Å²) < 4.78 is 29.1. The lowest BCUT2D eigenvalue weighted by Crippen LogP contribution is -2.34. The summed E-state index contributed by atoms with van der Waals surface area (Å²) in [5.74, 6) is 0.137. The van der Waals surface area contributed by atoms with E-state index in [1.807, 2.05) is 0 Å². The van der Waals surface area contributed by atoms with Gasteiger partial charge in [0.2, 0.25) is 5.13 Å². The minimum atomic E-state index is -2.85. The van der Waals surface area contributed by atoms with Crippen LogP contribution < -0.4 is 15.4 Å². The quantitative estimate of drug-likeness (QED) is 0.879. The summed E-state index contributed by atoms with van der Waals surface area (Å²) >= 11 is 1.29. The average molecular weight is 354 g/mol. The third-order valence-corrected chi connectivity index (χ3v) is 4.46. The van der Waals surface area contributed by atoms with Gasteiger partial charge in [0.15, 0.2) is 0 Å². The van der Waals surface area contributed by atoms with Crippen LogP contribution in [-0.4, -0.2) is 22.8 Å². The van der Waals surface area contributed by atoms with E-state index in [9.17, 15) is 13.6 Å². The fourth-order valence-corrected chi connectivity index (χ4v) is 3.34. The van der Waals surface area contributed by atoms with Crippen molar-refractivity contribution in [1.82, 2.24) is 15.5 Å². The van der Waals surface area contributed by atoms with Crippen molar-refractivity contribution in [2.45, 2.75) is 38.8 Å². The standard InChI is InChI=1S/C15H16F2N4O2S/c1-8-20-21-15(24-8)19-14(22)18-12-4-2-3-9-7-10(23-13(16)17)5-6-11(9)12/h5-7,12-13H,2-4H2,1H3,(H2,18,19,21,22)/t12-/m0/s1. The summed E-state index contributed by atoms with van der Waals surface area (Å²) in [6, 6.07) is 4.30. The summed E-state index contributed by atoms with van der Waals surface area (Å²) in [6.45, 7) is -1.04. The van der Waals surface area contributed by atoms with Crippen LogP contribution in [0.1, 0.15) is 35.0 Å². The Morgan fingerprint density at radius 3 is 2.96 bits per heavy atom. The van der Waals surface area contributed by atoms with Crippen LogP contribution in [0.4, 0.5) is 18.7 Å². The number of ether oxygens (including phenoxy) is 1. The minimum Gasteiger partial charge on any atom is -0.435 e. The molecule has 0 fully saturated rings. The predicted octanol–water partition coefficient (Wildman–Crippen LogP) is 3.65. The molecule has 0 aliphatic heterocycles. The molecule has 2 amide bonds. The van der Waals surface area contributed by atoms with E-state index in [1.54, 1.807) is 19.1 Å². The van der Waals surface area contributed by atoms with Crippen LogP contribution in [0.2, 0.25) is 0 Å². The van der Waals surface area contributed by atoms with Crippen LogP contribution in [0, 0.1) is 6.92 Å². The summed E-state index contributed by atoms with van der Waals surface area (Å²) in [7, 11) is 0. The number of benzene rings is 1. The third kappa shape index (κ3) is 3.97. The van der Waals surface area contributed by atoms with E-state index in [-0.39, 0.29) is 17.8 Å². The number of amides is 2. The lowest BCUT2D eigenvalue weighted by Gasteiger charge is -2.26.